The Balaban J connectivity index is 1.84. The van der Waals surface area contributed by atoms with E-state index in [4.69, 9.17) is 9.47 Å². The number of hydrogen-bond donors (Lipinski definition) is 2. The van der Waals surface area contributed by atoms with Gasteiger partial charge in [-0.15, -0.1) is 0 Å². The van der Waals surface area contributed by atoms with Gasteiger partial charge in [-0.2, -0.15) is 0 Å². The zero-order valence-electron chi connectivity index (χ0n) is 17.6. The summed E-state index contributed by atoms with van der Waals surface area (Å²) in [6.45, 7) is 2.02. The largest absolute Gasteiger partial charge is 0.493 e. The molecule has 0 aliphatic carbocycles. The van der Waals surface area contributed by atoms with Gasteiger partial charge in [-0.1, -0.05) is 23.9 Å². The third-order valence-electron chi connectivity index (χ3n) is 4.67. The van der Waals surface area contributed by atoms with Gasteiger partial charge in [0.1, 0.15) is 0 Å². The number of carbonyl (C=O) groups excluding carboxylic acids is 1. The van der Waals surface area contributed by atoms with E-state index in [2.05, 4.69) is 10.3 Å². The normalized spacial score (nSPS) is 11.9. The van der Waals surface area contributed by atoms with E-state index in [1.807, 2.05) is 6.07 Å². The summed E-state index contributed by atoms with van der Waals surface area (Å²) in [4.78, 5) is 30.3. The number of ether oxygens (including phenoxy) is 2. The first-order valence-corrected chi connectivity index (χ1v) is 10.7. The van der Waals surface area contributed by atoms with Gasteiger partial charge < -0.3 is 19.9 Å². The summed E-state index contributed by atoms with van der Waals surface area (Å²) in [5.41, 5.74) is 0.955. The van der Waals surface area contributed by atoms with Gasteiger partial charge in [0.2, 0.25) is 5.91 Å². The predicted octanol–water partition coefficient (Wildman–Crippen LogP) is 2.92. The van der Waals surface area contributed by atoms with Gasteiger partial charge in [0.25, 0.3) is 5.56 Å². The molecule has 2 N–H and O–H groups in total. The topological polar surface area (TPSA) is 103 Å². The van der Waals surface area contributed by atoms with Crippen LogP contribution in [0.1, 0.15) is 13.3 Å². The highest BCUT2D eigenvalue weighted by Crippen LogP contribution is 2.30. The summed E-state index contributed by atoms with van der Waals surface area (Å²) in [7, 11) is 3.07. The van der Waals surface area contributed by atoms with Gasteiger partial charge in [-0.3, -0.25) is 14.2 Å². The van der Waals surface area contributed by atoms with Gasteiger partial charge in [-0.05, 0) is 37.6 Å². The molecule has 1 unspecified atom stereocenters. The van der Waals surface area contributed by atoms with Gasteiger partial charge in [0.05, 0.1) is 30.4 Å². The minimum atomic E-state index is -0.526. The number of nitrogens with zero attached hydrogens (tertiary/aromatic N) is 2. The number of aliphatic hydroxyl groups is 1. The van der Waals surface area contributed by atoms with Crippen molar-refractivity contribution in [2.75, 3.05) is 26.1 Å². The lowest BCUT2D eigenvalue weighted by Crippen LogP contribution is -2.27. The minimum Gasteiger partial charge on any atom is -0.493 e. The van der Waals surface area contributed by atoms with Crippen LogP contribution in [0, 0.1) is 0 Å². The first-order chi connectivity index (χ1) is 15.0. The molecule has 1 atom stereocenters. The fourth-order valence-corrected chi connectivity index (χ4v) is 3.97. The molecule has 164 valence electrons. The minimum absolute atomic E-state index is 0.0429. The van der Waals surface area contributed by atoms with E-state index in [0.29, 0.717) is 46.2 Å². The van der Waals surface area contributed by atoms with E-state index in [1.165, 1.54) is 23.4 Å². The molecule has 9 heteroatoms. The van der Waals surface area contributed by atoms with Crippen LogP contribution >= 0.6 is 11.8 Å². The molecule has 0 fully saturated rings. The standard InChI is InChI=1S/C22H25N3O5S/c1-14(20(27)23-15-9-10-18(29-2)19(13-15)30-3)31-22-24-17-8-5-4-7-16(17)21(28)25(22)11-6-12-26/h4-5,7-10,13-14,26H,6,11-12H2,1-3H3,(H,23,27). The zero-order valence-corrected chi connectivity index (χ0v) is 18.4. The second-order valence-corrected chi connectivity index (χ2v) is 8.07. The highest BCUT2D eigenvalue weighted by atomic mass is 32.2. The first-order valence-electron chi connectivity index (χ1n) is 9.78. The second kappa shape index (κ2) is 10.3. The lowest BCUT2D eigenvalue weighted by atomic mass is 10.2. The van der Waals surface area contributed by atoms with Crippen molar-refractivity contribution in [3.63, 3.8) is 0 Å². The number of benzene rings is 2. The van der Waals surface area contributed by atoms with Crippen LogP contribution in [0.2, 0.25) is 0 Å². The number of carbonyl (C=O) groups is 1. The molecule has 0 saturated carbocycles. The average Bonchev–Trinajstić information content (AvgIpc) is 2.78. The molecule has 0 aliphatic rings. The molecule has 3 rings (SSSR count). The van der Waals surface area contributed by atoms with Crippen LogP contribution in [-0.4, -0.2) is 46.6 Å². The van der Waals surface area contributed by atoms with Crippen LogP contribution in [0.15, 0.2) is 52.4 Å². The summed E-state index contributed by atoms with van der Waals surface area (Å²) in [5, 5.41) is 12.5. The molecule has 2 aromatic carbocycles. The van der Waals surface area contributed by atoms with E-state index in [9.17, 15) is 14.7 Å². The molecule has 0 aliphatic heterocycles. The van der Waals surface area contributed by atoms with Gasteiger partial charge in [0, 0.05) is 24.9 Å². The molecule has 1 heterocycles. The molecule has 0 radical (unpaired) electrons. The number of aliphatic hydroxyl groups excluding tert-OH is 1. The fraction of sp³-hybridized carbons (Fsp3) is 0.318. The van der Waals surface area contributed by atoms with Crippen molar-refractivity contribution in [2.24, 2.45) is 0 Å². The van der Waals surface area contributed by atoms with Crippen molar-refractivity contribution in [3.8, 4) is 11.5 Å². The Hall–Kier alpha value is -3.04. The number of amides is 1. The maximum atomic E-state index is 12.9. The van der Waals surface area contributed by atoms with Crippen LogP contribution in [0.5, 0.6) is 11.5 Å². The molecule has 31 heavy (non-hydrogen) atoms. The quantitative estimate of drug-likeness (QED) is 0.387. The number of nitrogens with one attached hydrogen (secondary N) is 1. The summed E-state index contributed by atoms with van der Waals surface area (Å²) < 4.78 is 12.0. The summed E-state index contributed by atoms with van der Waals surface area (Å²) in [6.07, 6.45) is 0.416. The monoisotopic (exact) mass is 443 g/mol. The lowest BCUT2D eigenvalue weighted by Gasteiger charge is -2.16. The van der Waals surface area contributed by atoms with E-state index in [-0.39, 0.29) is 18.1 Å². The molecule has 1 aromatic heterocycles. The van der Waals surface area contributed by atoms with E-state index < -0.39 is 5.25 Å². The number of thioether (sulfide) groups is 1. The smallest absolute Gasteiger partial charge is 0.262 e. The SMILES string of the molecule is COc1ccc(NC(=O)C(C)Sc2nc3ccccc3c(=O)n2CCCO)cc1OC. The molecule has 0 spiro atoms. The van der Waals surface area contributed by atoms with Crippen molar-refractivity contribution in [1.29, 1.82) is 0 Å². The molecule has 3 aromatic rings. The van der Waals surface area contributed by atoms with Crippen LogP contribution in [-0.2, 0) is 11.3 Å². The third-order valence-corrected chi connectivity index (χ3v) is 5.76. The Kier molecular flexibility index (Phi) is 7.54. The van der Waals surface area contributed by atoms with E-state index >= 15 is 0 Å². The molecule has 1 amide bonds. The number of hydrogen-bond acceptors (Lipinski definition) is 7. The van der Waals surface area contributed by atoms with Crippen LogP contribution in [0.3, 0.4) is 0 Å². The number of fused-ring (bicyclic) bond motifs is 1. The van der Waals surface area contributed by atoms with Gasteiger partial charge >= 0.3 is 0 Å². The zero-order chi connectivity index (χ0) is 22.4. The number of aromatic nitrogens is 2. The van der Waals surface area contributed by atoms with Crippen molar-refractivity contribution in [1.82, 2.24) is 9.55 Å². The number of anilines is 1. The molecule has 0 bridgehead atoms. The molecule has 8 nitrogen and oxygen atoms in total. The van der Waals surface area contributed by atoms with E-state index in [0.717, 1.165) is 0 Å². The predicted molar refractivity (Wildman–Crippen MR) is 121 cm³/mol. The Morgan fingerprint density at radius 1 is 1.19 bits per heavy atom. The summed E-state index contributed by atoms with van der Waals surface area (Å²) in [6, 6.07) is 12.2. The fourth-order valence-electron chi connectivity index (χ4n) is 3.03. The van der Waals surface area contributed by atoms with Crippen molar-refractivity contribution in [3.05, 3.63) is 52.8 Å². The van der Waals surface area contributed by atoms with Crippen LogP contribution in [0.25, 0.3) is 10.9 Å². The molecular weight excluding hydrogens is 418 g/mol. The van der Waals surface area contributed by atoms with Gasteiger partial charge in [-0.25, -0.2) is 4.98 Å². The second-order valence-electron chi connectivity index (χ2n) is 6.76. The first kappa shape index (κ1) is 22.6. The Bertz CT molecular complexity index is 1130. The number of rotatable bonds is 9. The van der Waals surface area contributed by atoms with Crippen LogP contribution in [0.4, 0.5) is 5.69 Å². The lowest BCUT2D eigenvalue weighted by molar-refractivity contribution is -0.115. The van der Waals surface area contributed by atoms with Crippen LogP contribution < -0.4 is 20.3 Å². The summed E-state index contributed by atoms with van der Waals surface area (Å²) in [5.74, 6) is 0.833. The van der Waals surface area contributed by atoms with E-state index in [1.54, 1.807) is 50.4 Å². The number of para-hydroxylation sites is 1. The Morgan fingerprint density at radius 2 is 1.94 bits per heavy atom. The molecular formula is C22H25N3O5S. The molecule has 0 saturated heterocycles. The Labute approximate surface area is 184 Å². The average molecular weight is 444 g/mol. The van der Waals surface area contributed by atoms with Crippen molar-refractivity contribution >= 4 is 34.3 Å². The van der Waals surface area contributed by atoms with Gasteiger partial charge in [0.15, 0.2) is 16.7 Å². The maximum absolute atomic E-state index is 12.9. The highest BCUT2D eigenvalue weighted by molar-refractivity contribution is 8.00. The van der Waals surface area contributed by atoms with Crippen molar-refractivity contribution < 1.29 is 19.4 Å². The number of methoxy groups -OCH3 is 2. The third kappa shape index (κ3) is 5.18. The van der Waals surface area contributed by atoms with Crippen molar-refractivity contribution in [2.45, 2.75) is 30.3 Å². The summed E-state index contributed by atoms with van der Waals surface area (Å²) >= 11 is 1.20. The highest BCUT2D eigenvalue weighted by Gasteiger charge is 2.20. The maximum Gasteiger partial charge on any atom is 0.262 e. The Morgan fingerprint density at radius 3 is 2.65 bits per heavy atom.